The average molecular weight is 543 g/mol. The molecule has 1 aromatic carbocycles. The maximum atomic E-state index is 13.8. The summed E-state index contributed by atoms with van der Waals surface area (Å²) in [5, 5.41) is 2.24. The molecule has 0 spiro atoms. The third-order valence-corrected chi connectivity index (χ3v) is 5.29. The van der Waals surface area contributed by atoms with Crippen molar-refractivity contribution in [3.05, 3.63) is 41.2 Å². The SMILES string of the molecule is CCSCOCN(C(=O)C(OC(=O)NC)C(C)C)C(C)/C=C/C(=O)Oc1c(F)c(F)c(F)c(F)c1F. The number of ether oxygens (including phenoxy) is 3. The maximum Gasteiger partial charge on any atom is 0.407 e. The molecule has 0 aliphatic carbocycles. The molecule has 0 aliphatic heterocycles. The van der Waals surface area contributed by atoms with Crippen LogP contribution < -0.4 is 10.1 Å². The molecule has 1 N–H and O–H groups in total. The first-order valence-corrected chi connectivity index (χ1v) is 11.8. The van der Waals surface area contributed by atoms with Crippen molar-refractivity contribution in [3.63, 3.8) is 0 Å². The van der Waals surface area contributed by atoms with Crippen LogP contribution in [0.15, 0.2) is 12.2 Å². The smallest absolute Gasteiger partial charge is 0.407 e. The van der Waals surface area contributed by atoms with Gasteiger partial charge in [-0.25, -0.2) is 22.8 Å². The van der Waals surface area contributed by atoms with Crippen LogP contribution in [0, 0.1) is 35.0 Å². The van der Waals surface area contributed by atoms with Crippen molar-refractivity contribution in [2.75, 3.05) is 25.5 Å². The monoisotopic (exact) mass is 542 g/mol. The minimum absolute atomic E-state index is 0.224. The van der Waals surface area contributed by atoms with Crippen molar-refractivity contribution < 1.29 is 50.5 Å². The van der Waals surface area contributed by atoms with E-state index in [4.69, 9.17) is 9.47 Å². The number of esters is 1. The Morgan fingerprint density at radius 2 is 1.56 bits per heavy atom. The van der Waals surface area contributed by atoms with E-state index < -0.39 is 70.9 Å². The Balaban J connectivity index is 3.12. The molecule has 2 unspecified atom stereocenters. The molecule has 0 saturated heterocycles. The number of carbonyl (C=O) groups is 3. The van der Waals surface area contributed by atoms with Gasteiger partial charge in [-0.05, 0) is 18.6 Å². The number of rotatable bonds is 12. The third-order valence-electron chi connectivity index (χ3n) is 4.55. The van der Waals surface area contributed by atoms with Crippen molar-refractivity contribution >= 4 is 29.7 Å². The molecule has 0 saturated carbocycles. The predicted molar refractivity (Wildman–Crippen MR) is 120 cm³/mol. The van der Waals surface area contributed by atoms with Gasteiger partial charge in [-0.3, -0.25) is 4.79 Å². The normalized spacial score (nSPS) is 13.0. The molecule has 1 aromatic rings. The molecule has 202 valence electrons. The molecule has 0 fully saturated rings. The Morgan fingerprint density at radius 1 is 1.00 bits per heavy atom. The fourth-order valence-electron chi connectivity index (χ4n) is 2.60. The van der Waals surface area contributed by atoms with Crippen molar-refractivity contribution in [3.8, 4) is 5.75 Å². The number of nitrogens with one attached hydrogen (secondary N) is 1. The fraction of sp³-hybridized carbons (Fsp3) is 0.500. The number of halogens is 5. The van der Waals surface area contributed by atoms with Gasteiger partial charge < -0.3 is 24.4 Å². The highest BCUT2D eigenvalue weighted by Crippen LogP contribution is 2.29. The van der Waals surface area contributed by atoms with E-state index in [9.17, 15) is 36.3 Å². The van der Waals surface area contributed by atoms with Crippen molar-refractivity contribution in [2.24, 2.45) is 5.92 Å². The van der Waals surface area contributed by atoms with Crippen molar-refractivity contribution in [1.29, 1.82) is 0 Å². The molecule has 1 rings (SSSR count). The number of hydrogen-bond donors (Lipinski definition) is 1. The summed E-state index contributed by atoms with van der Waals surface area (Å²) in [7, 11) is 1.31. The molecule has 0 aliphatic rings. The van der Waals surface area contributed by atoms with Crippen LogP contribution in [0.2, 0.25) is 0 Å². The molecule has 36 heavy (non-hydrogen) atoms. The lowest BCUT2D eigenvalue weighted by Gasteiger charge is -2.31. The molecule has 2 amide bonds. The molecule has 0 bridgehead atoms. The maximum absolute atomic E-state index is 13.8. The fourth-order valence-corrected chi connectivity index (χ4v) is 2.96. The van der Waals surface area contributed by atoms with Crippen LogP contribution in [0.1, 0.15) is 27.7 Å². The van der Waals surface area contributed by atoms with Gasteiger partial charge in [-0.2, -0.15) is 8.78 Å². The third kappa shape index (κ3) is 8.36. The molecule has 14 heteroatoms. The van der Waals surface area contributed by atoms with E-state index in [1.165, 1.54) is 25.7 Å². The van der Waals surface area contributed by atoms with Crippen molar-refractivity contribution in [2.45, 2.75) is 39.8 Å². The Hall–Kier alpha value is -2.87. The lowest BCUT2D eigenvalue weighted by atomic mass is 10.1. The van der Waals surface area contributed by atoms with Gasteiger partial charge in [0, 0.05) is 13.1 Å². The summed E-state index contributed by atoms with van der Waals surface area (Å²) in [6, 6.07) is -0.914. The Labute approximate surface area is 209 Å². The predicted octanol–water partition coefficient (Wildman–Crippen LogP) is 4.13. The van der Waals surface area contributed by atoms with E-state index in [-0.39, 0.29) is 12.7 Å². The lowest BCUT2D eigenvalue weighted by molar-refractivity contribution is -0.149. The Kier molecular flexibility index (Phi) is 12.7. The highest BCUT2D eigenvalue weighted by Gasteiger charge is 2.33. The van der Waals surface area contributed by atoms with Gasteiger partial charge in [0.15, 0.2) is 6.10 Å². The highest BCUT2D eigenvalue weighted by molar-refractivity contribution is 7.99. The minimum atomic E-state index is -2.40. The van der Waals surface area contributed by atoms with Crippen LogP contribution in [0.25, 0.3) is 0 Å². The first kappa shape index (κ1) is 31.2. The first-order chi connectivity index (χ1) is 16.9. The summed E-state index contributed by atoms with van der Waals surface area (Å²) >= 11 is 1.42. The van der Waals surface area contributed by atoms with Gasteiger partial charge in [-0.15, -0.1) is 11.8 Å². The number of amides is 2. The second-order valence-corrected chi connectivity index (χ2v) is 8.71. The Bertz CT molecular complexity index is 950. The zero-order valence-electron chi connectivity index (χ0n) is 20.2. The summed E-state index contributed by atoms with van der Waals surface area (Å²) in [5.41, 5.74) is 0. The van der Waals surface area contributed by atoms with E-state index in [1.807, 2.05) is 6.92 Å². The highest BCUT2D eigenvalue weighted by atomic mass is 32.2. The van der Waals surface area contributed by atoms with Crippen LogP contribution in [0.5, 0.6) is 5.75 Å². The Morgan fingerprint density at radius 3 is 2.06 bits per heavy atom. The van der Waals surface area contributed by atoms with Gasteiger partial charge in [0.25, 0.3) is 5.91 Å². The zero-order chi connectivity index (χ0) is 27.6. The molecule has 0 heterocycles. The number of carbonyl (C=O) groups excluding carboxylic acids is 3. The van der Waals surface area contributed by atoms with Gasteiger partial charge in [0.2, 0.25) is 34.8 Å². The van der Waals surface area contributed by atoms with E-state index in [2.05, 4.69) is 10.1 Å². The second kappa shape index (κ2) is 14.6. The van der Waals surface area contributed by atoms with E-state index in [1.54, 1.807) is 13.8 Å². The number of alkyl carbamates (subject to hydrolysis) is 1. The van der Waals surface area contributed by atoms with Gasteiger partial charge in [0.1, 0.15) is 6.73 Å². The summed E-state index contributed by atoms with van der Waals surface area (Å²) in [5.74, 6) is -15.0. The summed E-state index contributed by atoms with van der Waals surface area (Å²) in [6.07, 6.45) is -0.337. The van der Waals surface area contributed by atoms with Crippen molar-refractivity contribution in [1.82, 2.24) is 10.2 Å². The van der Waals surface area contributed by atoms with Crippen LogP contribution in [0.3, 0.4) is 0 Å². The summed E-state index contributed by atoms with van der Waals surface area (Å²) < 4.78 is 82.2. The lowest BCUT2D eigenvalue weighted by Crippen LogP contribution is -2.49. The van der Waals surface area contributed by atoms with Crippen LogP contribution >= 0.6 is 11.8 Å². The minimum Gasteiger partial charge on any atom is -0.436 e. The largest absolute Gasteiger partial charge is 0.436 e. The number of benzene rings is 1. The summed E-state index contributed by atoms with van der Waals surface area (Å²) in [4.78, 5) is 38.0. The number of thioether (sulfide) groups is 1. The summed E-state index contributed by atoms with van der Waals surface area (Å²) in [6.45, 7) is 6.35. The molecule has 8 nitrogen and oxygen atoms in total. The van der Waals surface area contributed by atoms with Gasteiger partial charge in [-0.1, -0.05) is 26.8 Å². The average Bonchev–Trinajstić information content (AvgIpc) is 2.85. The topological polar surface area (TPSA) is 94.2 Å². The standard InChI is InChI=1S/C22H27F5N2O6S/c1-6-36-10-33-9-29(21(31)19(11(2)3)35-22(32)28-5)12(4)7-8-13(30)34-20-17(26)15(24)14(23)16(25)18(20)27/h7-8,11-12,19H,6,9-10H2,1-5H3,(H,28,32)/b8-7+. The van der Waals surface area contributed by atoms with Crippen LogP contribution in [-0.4, -0.2) is 60.5 Å². The zero-order valence-corrected chi connectivity index (χ0v) is 21.0. The molecule has 2 atom stereocenters. The first-order valence-electron chi connectivity index (χ1n) is 10.6. The van der Waals surface area contributed by atoms with E-state index >= 15 is 0 Å². The quantitative estimate of drug-likeness (QED) is 0.0621. The molecule has 0 aromatic heterocycles. The second-order valence-electron chi connectivity index (χ2n) is 7.49. The van der Waals surface area contributed by atoms with Crippen LogP contribution in [-0.2, 0) is 19.1 Å². The molecule has 0 radical (unpaired) electrons. The van der Waals surface area contributed by atoms with Gasteiger partial charge >= 0.3 is 12.1 Å². The molecular formula is C22H27F5N2O6S. The van der Waals surface area contributed by atoms with E-state index in [0.717, 1.165) is 16.7 Å². The van der Waals surface area contributed by atoms with E-state index in [0.29, 0.717) is 6.08 Å². The molecular weight excluding hydrogens is 515 g/mol. The number of nitrogens with zero attached hydrogens (tertiary/aromatic N) is 1. The van der Waals surface area contributed by atoms with Crippen LogP contribution in [0.4, 0.5) is 26.7 Å². The van der Waals surface area contributed by atoms with Gasteiger partial charge in [0.05, 0.1) is 12.0 Å². The number of hydrogen-bond acceptors (Lipinski definition) is 7.